The fourth-order valence-electron chi connectivity index (χ4n) is 1.36. The molecule has 0 radical (unpaired) electrons. The van der Waals surface area contributed by atoms with Gasteiger partial charge >= 0.3 is 0 Å². The van der Waals surface area contributed by atoms with Crippen LogP contribution in [0.25, 0.3) is 0 Å². The molecule has 2 N–H and O–H groups in total. The maximum Gasteiger partial charge on any atom is 0.251 e. The van der Waals surface area contributed by atoms with Gasteiger partial charge in [0.1, 0.15) is 5.38 Å². The van der Waals surface area contributed by atoms with E-state index in [0.29, 0.717) is 11.3 Å². The van der Waals surface area contributed by atoms with Crippen LogP contribution in [0.15, 0.2) is 24.3 Å². The van der Waals surface area contributed by atoms with E-state index in [4.69, 9.17) is 11.6 Å². The standard InChI is InChI=1S/C14H19ClN2O2/c1-9(15)12(18)16-11-7-5-10(6-8-11)13(19)17-14(2,3)4/h5-9H,1-4H3,(H,16,18)(H,17,19). The number of hydrogen-bond donors (Lipinski definition) is 2. The minimum atomic E-state index is -0.594. The molecule has 0 aliphatic carbocycles. The van der Waals surface area contributed by atoms with Gasteiger partial charge in [0.15, 0.2) is 0 Å². The van der Waals surface area contributed by atoms with Gasteiger partial charge in [-0.25, -0.2) is 0 Å². The molecule has 19 heavy (non-hydrogen) atoms. The largest absolute Gasteiger partial charge is 0.347 e. The summed E-state index contributed by atoms with van der Waals surface area (Å²) in [6.45, 7) is 7.35. The average Bonchev–Trinajstić information content (AvgIpc) is 2.27. The Kier molecular flexibility index (Phi) is 4.95. The lowest BCUT2D eigenvalue weighted by molar-refractivity contribution is -0.115. The molecule has 0 fully saturated rings. The highest BCUT2D eigenvalue weighted by Crippen LogP contribution is 2.12. The van der Waals surface area contributed by atoms with Gasteiger partial charge in [0.25, 0.3) is 5.91 Å². The van der Waals surface area contributed by atoms with Crippen molar-refractivity contribution in [3.63, 3.8) is 0 Å². The van der Waals surface area contributed by atoms with E-state index in [1.165, 1.54) is 0 Å². The summed E-state index contributed by atoms with van der Waals surface area (Å²) in [5, 5.41) is 4.93. The molecule has 0 aromatic heterocycles. The Morgan fingerprint density at radius 3 is 2.11 bits per heavy atom. The van der Waals surface area contributed by atoms with Gasteiger partial charge in [-0.1, -0.05) is 0 Å². The zero-order valence-corrected chi connectivity index (χ0v) is 12.3. The van der Waals surface area contributed by atoms with Gasteiger partial charge in [-0.3, -0.25) is 9.59 Å². The highest BCUT2D eigenvalue weighted by atomic mass is 35.5. The fraction of sp³-hybridized carbons (Fsp3) is 0.429. The summed E-state index contributed by atoms with van der Waals surface area (Å²) in [7, 11) is 0. The maximum atomic E-state index is 11.9. The number of amides is 2. The number of carbonyl (C=O) groups is 2. The second-order valence-electron chi connectivity index (χ2n) is 5.39. The number of benzene rings is 1. The molecule has 0 spiro atoms. The zero-order chi connectivity index (χ0) is 14.6. The van der Waals surface area contributed by atoms with Crippen molar-refractivity contribution in [1.29, 1.82) is 0 Å². The Bertz CT molecular complexity index is 461. The van der Waals surface area contributed by atoms with E-state index in [1.54, 1.807) is 31.2 Å². The van der Waals surface area contributed by atoms with E-state index in [2.05, 4.69) is 10.6 Å². The molecule has 0 saturated heterocycles. The highest BCUT2D eigenvalue weighted by molar-refractivity contribution is 6.32. The molecule has 2 amide bonds. The molecule has 1 aromatic rings. The Hall–Kier alpha value is -1.55. The third-order valence-electron chi connectivity index (χ3n) is 2.26. The maximum absolute atomic E-state index is 11.9. The van der Waals surface area contributed by atoms with Crippen LogP contribution in [0, 0.1) is 0 Å². The van der Waals surface area contributed by atoms with Gasteiger partial charge in [-0.15, -0.1) is 11.6 Å². The van der Waals surface area contributed by atoms with Crippen molar-refractivity contribution in [3.8, 4) is 0 Å². The molecular weight excluding hydrogens is 264 g/mol. The van der Waals surface area contributed by atoms with E-state index < -0.39 is 5.38 Å². The van der Waals surface area contributed by atoms with Gasteiger partial charge in [0.05, 0.1) is 0 Å². The highest BCUT2D eigenvalue weighted by Gasteiger charge is 2.15. The molecule has 0 aliphatic rings. The van der Waals surface area contributed by atoms with Crippen LogP contribution >= 0.6 is 11.6 Å². The minimum absolute atomic E-state index is 0.143. The van der Waals surface area contributed by atoms with Crippen molar-refractivity contribution in [2.24, 2.45) is 0 Å². The molecule has 4 nitrogen and oxygen atoms in total. The van der Waals surface area contributed by atoms with E-state index in [9.17, 15) is 9.59 Å². The van der Waals surface area contributed by atoms with Crippen LogP contribution < -0.4 is 10.6 Å². The SMILES string of the molecule is CC(Cl)C(=O)Nc1ccc(C(=O)NC(C)(C)C)cc1. The van der Waals surface area contributed by atoms with E-state index in [0.717, 1.165) is 0 Å². The Morgan fingerprint density at radius 2 is 1.68 bits per heavy atom. The third-order valence-corrected chi connectivity index (χ3v) is 2.46. The second-order valence-corrected chi connectivity index (χ2v) is 6.04. The monoisotopic (exact) mass is 282 g/mol. The molecule has 5 heteroatoms. The number of alkyl halides is 1. The molecule has 1 aromatic carbocycles. The van der Waals surface area contributed by atoms with Crippen LogP contribution in [0.5, 0.6) is 0 Å². The summed E-state index contributed by atoms with van der Waals surface area (Å²) >= 11 is 5.66. The van der Waals surface area contributed by atoms with Crippen molar-refractivity contribution >= 4 is 29.1 Å². The molecule has 0 bridgehead atoms. The van der Waals surface area contributed by atoms with Gasteiger partial charge in [0.2, 0.25) is 5.91 Å². The topological polar surface area (TPSA) is 58.2 Å². The summed E-state index contributed by atoms with van der Waals surface area (Å²) < 4.78 is 0. The number of carbonyl (C=O) groups excluding carboxylic acids is 2. The first-order valence-electron chi connectivity index (χ1n) is 6.06. The lowest BCUT2D eigenvalue weighted by Gasteiger charge is -2.20. The Balaban J connectivity index is 2.71. The lowest BCUT2D eigenvalue weighted by Crippen LogP contribution is -2.40. The molecule has 0 saturated carbocycles. The first-order valence-corrected chi connectivity index (χ1v) is 6.50. The van der Waals surface area contributed by atoms with E-state index in [1.807, 2.05) is 20.8 Å². The molecule has 1 unspecified atom stereocenters. The van der Waals surface area contributed by atoms with E-state index in [-0.39, 0.29) is 17.4 Å². The second kappa shape index (κ2) is 6.06. The number of nitrogens with one attached hydrogen (secondary N) is 2. The quantitative estimate of drug-likeness (QED) is 0.838. The van der Waals surface area contributed by atoms with Crippen molar-refractivity contribution in [1.82, 2.24) is 5.32 Å². The third kappa shape index (κ3) is 5.30. The first-order chi connectivity index (χ1) is 8.69. The van der Waals surface area contributed by atoms with Crippen LogP contribution in [0.1, 0.15) is 38.1 Å². The van der Waals surface area contributed by atoms with Gasteiger partial charge in [-0.05, 0) is 52.0 Å². The minimum Gasteiger partial charge on any atom is -0.347 e. The Morgan fingerprint density at radius 1 is 1.16 bits per heavy atom. The zero-order valence-electron chi connectivity index (χ0n) is 11.6. The van der Waals surface area contributed by atoms with Crippen LogP contribution in [0.4, 0.5) is 5.69 Å². The van der Waals surface area contributed by atoms with Crippen molar-refractivity contribution in [2.75, 3.05) is 5.32 Å². The summed E-state index contributed by atoms with van der Waals surface area (Å²) in [5.74, 6) is -0.412. The number of halogens is 1. The molecular formula is C14H19ClN2O2. The van der Waals surface area contributed by atoms with Crippen LogP contribution in [-0.4, -0.2) is 22.7 Å². The van der Waals surface area contributed by atoms with Crippen molar-refractivity contribution in [3.05, 3.63) is 29.8 Å². The fourth-order valence-corrected chi connectivity index (χ4v) is 1.41. The average molecular weight is 283 g/mol. The first kappa shape index (κ1) is 15.5. The Labute approximate surface area is 118 Å². The van der Waals surface area contributed by atoms with Crippen molar-refractivity contribution in [2.45, 2.75) is 38.6 Å². The summed E-state index contributed by atoms with van der Waals surface area (Å²) in [6, 6.07) is 6.68. The van der Waals surface area contributed by atoms with Gasteiger partial charge in [0, 0.05) is 16.8 Å². The molecule has 1 atom stereocenters. The van der Waals surface area contributed by atoms with Crippen LogP contribution in [-0.2, 0) is 4.79 Å². The smallest absolute Gasteiger partial charge is 0.251 e. The molecule has 1 rings (SSSR count). The van der Waals surface area contributed by atoms with Crippen molar-refractivity contribution < 1.29 is 9.59 Å². The molecule has 0 heterocycles. The van der Waals surface area contributed by atoms with Gasteiger partial charge < -0.3 is 10.6 Å². The van der Waals surface area contributed by atoms with Crippen LogP contribution in [0.3, 0.4) is 0 Å². The predicted octanol–water partition coefficient (Wildman–Crippen LogP) is 2.78. The number of hydrogen-bond acceptors (Lipinski definition) is 2. The van der Waals surface area contributed by atoms with E-state index >= 15 is 0 Å². The lowest BCUT2D eigenvalue weighted by atomic mass is 10.1. The normalized spacial score (nSPS) is 12.7. The van der Waals surface area contributed by atoms with Gasteiger partial charge in [-0.2, -0.15) is 0 Å². The summed E-state index contributed by atoms with van der Waals surface area (Å²) in [5.41, 5.74) is 0.884. The number of anilines is 1. The van der Waals surface area contributed by atoms with Crippen LogP contribution in [0.2, 0.25) is 0 Å². The summed E-state index contributed by atoms with van der Waals surface area (Å²) in [4.78, 5) is 23.3. The summed E-state index contributed by atoms with van der Waals surface area (Å²) in [6.07, 6.45) is 0. The number of rotatable bonds is 3. The predicted molar refractivity (Wildman–Crippen MR) is 77.6 cm³/mol. The molecule has 0 aliphatic heterocycles. The molecule has 104 valence electrons.